The molecule has 0 aliphatic rings. The van der Waals surface area contributed by atoms with E-state index in [-0.39, 0.29) is 18.8 Å². The van der Waals surface area contributed by atoms with Gasteiger partial charge >= 0.3 is 0 Å². The summed E-state index contributed by atoms with van der Waals surface area (Å²) in [4.78, 5) is 15.7. The Morgan fingerprint density at radius 1 is 1.07 bits per heavy atom. The maximum absolute atomic E-state index is 12.7. The molecule has 3 rings (SSSR count). The molecule has 5 heteroatoms. The minimum Gasteiger partial charge on any atom is -0.496 e. The zero-order chi connectivity index (χ0) is 19.6. The number of benzene rings is 2. The molecule has 0 aliphatic carbocycles. The number of nitrogens with one attached hydrogen (secondary N) is 1. The molecule has 3 aromatic rings. The van der Waals surface area contributed by atoms with Crippen LogP contribution in [-0.2, 0) is 6.42 Å². The fraction of sp³-hybridized carbons (Fsp3) is 0.318. The highest BCUT2D eigenvalue weighted by atomic mass is 16.5. The number of hydrogen-bond acceptors (Lipinski definition) is 4. The van der Waals surface area contributed by atoms with Gasteiger partial charge in [0.05, 0.1) is 19.1 Å². The van der Waals surface area contributed by atoms with Crippen LogP contribution < -0.4 is 15.0 Å². The zero-order valence-corrected chi connectivity index (χ0v) is 16.2. The number of pyridine rings is 1. The van der Waals surface area contributed by atoms with Crippen LogP contribution in [0.2, 0.25) is 0 Å². The van der Waals surface area contributed by atoms with Gasteiger partial charge < -0.3 is 19.6 Å². The topological polar surface area (TPSA) is 71.6 Å². The third-order valence-corrected chi connectivity index (χ3v) is 4.70. The van der Waals surface area contributed by atoms with Gasteiger partial charge in [0.2, 0.25) is 0 Å². The molecule has 0 amide bonds. The molecule has 2 N–H and O–H groups in total. The molecule has 0 saturated carbocycles. The Morgan fingerprint density at radius 3 is 2.37 bits per heavy atom. The summed E-state index contributed by atoms with van der Waals surface area (Å²) in [6.07, 6.45) is 0.865. The molecule has 1 aromatic heterocycles. The van der Waals surface area contributed by atoms with E-state index in [0.29, 0.717) is 11.1 Å². The number of rotatable bonds is 6. The number of aliphatic hydroxyl groups excluding tert-OH is 1. The summed E-state index contributed by atoms with van der Waals surface area (Å²) < 4.78 is 11.1. The number of fused-ring (bicyclic) bond motifs is 1. The summed E-state index contributed by atoms with van der Waals surface area (Å²) >= 11 is 0. The maximum Gasteiger partial charge on any atom is 0.260 e. The molecule has 0 bridgehead atoms. The number of aromatic amines is 1. The molecule has 5 nitrogen and oxygen atoms in total. The van der Waals surface area contributed by atoms with Crippen molar-refractivity contribution in [2.75, 3.05) is 20.3 Å². The summed E-state index contributed by atoms with van der Waals surface area (Å²) in [6, 6.07) is 9.91. The standard InChI is InChI=1S/C22H25NO4/c1-5-15-10-17-12-18(23-22(25)20(17)19(11-15)26-4)16-8-13(2)21(14(3)9-16)27-7-6-24/h8-12,24H,5-7H2,1-4H3,(H,23,25). The number of aryl methyl sites for hydroxylation is 3. The Morgan fingerprint density at radius 2 is 1.78 bits per heavy atom. The van der Waals surface area contributed by atoms with E-state index in [1.165, 1.54) is 0 Å². The Hall–Kier alpha value is -2.79. The van der Waals surface area contributed by atoms with Gasteiger partial charge in [0, 0.05) is 5.69 Å². The second kappa shape index (κ2) is 7.84. The van der Waals surface area contributed by atoms with Crippen molar-refractivity contribution in [3.05, 3.63) is 57.4 Å². The summed E-state index contributed by atoms with van der Waals surface area (Å²) in [5.74, 6) is 1.36. The molecule has 0 aliphatic heterocycles. The number of aromatic nitrogens is 1. The first-order valence-corrected chi connectivity index (χ1v) is 9.07. The number of methoxy groups -OCH3 is 1. The molecular formula is C22H25NO4. The Balaban J connectivity index is 2.16. The molecule has 27 heavy (non-hydrogen) atoms. The van der Waals surface area contributed by atoms with Crippen molar-refractivity contribution < 1.29 is 14.6 Å². The van der Waals surface area contributed by atoms with Crippen molar-refractivity contribution in [1.82, 2.24) is 4.98 Å². The van der Waals surface area contributed by atoms with Crippen LogP contribution in [0, 0.1) is 13.8 Å². The van der Waals surface area contributed by atoms with Crippen LogP contribution in [0.5, 0.6) is 11.5 Å². The highest BCUT2D eigenvalue weighted by Gasteiger charge is 2.13. The second-order valence-electron chi connectivity index (χ2n) is 6.64. The minimum atomic E-state index is -0.169. The van der Waals surface area contributed by atoms with Crippen molar-refractivity contribution in [2.24, 2.45) is 0 Å². The van der Waals surface area contributed by atoms with Crippen LogP contribution in [-0.4, -0.2) is 30.4 Å². The maximum atomic E-state index is 12.7. The second-order valence-corrected chi connectivity index (χ2v) is 6.64. The average molecular weight is 367 g/mol. The summed E-state index contributed by atoms with van der Waals surface area (Å²) in [5, 5.41) is 10.4. The predicted molar refractivity (Wildman–Crippen MR) is 108 cm³/mol. The Labute approximate surface area is 158 Å². The third-order valence-electron chi connectivity index (χ3n) is 4.70. The number of H-pyrrole nitrogens is 1. The smallest absolute Gasteiger partial charge is 0.260 e. The van der Waals surface area contributed by atoms with Gasteiger partial charge in [-0.15, -0.1) is 0 Å². The molecule has 0 unspecified atom stereocenters. The van der Waals surface area contributed by atoms with Gasteiger partial charge in [-0.25, -0.2) is 0 Å². The number of ether oxygens (including phenoxy) is 2. The zero-order valence-electron chi connectivity index (χ0n) is 16.2. The average Bonchev–Trinajstić information content (AvgIpc) is 2.66. The van der Waals surface area contributed by atoms with Gasteiger partial charge in [-0.3, -0.25) is 4.79 Å². The molecule has 142 valence electrons. The van der Waals surface area contributed by atoms with E-state index in [0.717, 1.165) is 45.5 Å². The lowest BCUT2D eigenvalue weighted by Crippen LogP contribution is -2.09. The highest BCUT2D eigenvalue weighted by Crippen LogP contribution is 2.32. The van der Waals surface area contributed by atoms with E-state index in [9.17, 15) is 4.79 Å². The summed E-state index contributed by atoms with van der Waals surface area (Å²) in [7, 11) is 1.58. The van der Waals surface area contributed by atoms with Gasteiger partial charge in [0.15, 0.2) is 0 Å². The molecule has 0 atom stereocenters. The van der Waals surface area contributed by atoms with E-state index >= 15 is 0 Å². The molecule has 2 aromatic carbocycles. The van der Waals surface area contributed by atoms with Crippen LogP contribution >= 0.6 is 0 Å². The van der Waals surface area contributed by atoms with E-state index < -0.39 is 0 Å². The largest absolute Gasteiger partial charge is 0.496 e. The van der Waals surface area contributed by atoms with Gasteiger partial charge in [0.25, 0.3) is 5.56 Å². The van der Waals surface area contributed by atoms with Crippen molar-refractivity contribution in [3.63, 3.8) is 0 Å². The molecule has 0 radical (unpaired) electrons. The fourth-order valence-electron chi connectivity index (χ4n) is 3.43. The number of aliphatic hydroxyl groups is 1. The quantitative estimate of drug-likeness (QED) is 0.696. The third kappa shape index (κ3) is 3.69. The first-order chi connectivity index (χ1) is 13.0. The van der Waals surface area contributed by atoms with Gasteiger partial charge in [-0.2, -0.15) is 0 Å². The molecule has 0 fully saturated rings. The Kier molecular flexibility index (Phi) is 5.51. The van der Waals surface area contributed by atoms with E-state index in [1.807, 2.05) is 44.2 Å². The lowest BCUT2D eigenvalue weighted by molar-refractivity contribution is 0.200. The van der Waals surface area contributed by atoms with Crippen molar-refractivity contribution in [2.45, 2.75) is 27.2 Å². The Bertz CT molecular complexity index is 1010. The fourth-order valence-corrected chi connectivity index (χ4v) is 3.43. The molecular weight excluding hydrogens is 342 g/mol. The first kappa shape index (κ1) is 19.0. The molecule has 0 spiro atoms. The van der Waals surface area contributed by atoms with Crippen molar-refractivity contribution in [3.8, 4) is 22.8 Å². The lowest BCUT2D eigenvalue weighted by Gasteiger charge is -2.14. The summed E-state index contributed by atoms with van der Waals surface area (Å²) in [6.45, 7) is 6.22. The van der Waals surface area contributed by atoms with Crippen LogP contribution in [0.4, 0.5) is 0 Å². The van der Waals surface area contributed by atoms with Crippen molar-refractivity contribution in [1.29, 1.82) is 0 Å². The molecule has 0 saturated heterocycles. The van der Waals surface area contributed by atoms with E-state index in [1.54, 1.807) is 7.11 Å². The summed E-state index contributed by atoms with van der Waals surface area (Å²) in [5.41, 5.74) is 4.54. The van der Waals surface area contributed by atoms with Crippen LogP contribution in [0.3, 0.4) is 0 Å². The van der Waals surface area contributed by atoms with Gasteiger partial charge in [-0.05, 0) is 72.2 Å². The van der Waals surface area contributed by atoms with Crippen LogP contribution in [0.1, 0.15) is 23.6 Å². The van der Waals surface area contributed by atoms with Crippen LogP contribution in [0.15, 0.2) is 35.1 Å². The van der Waals surface area contributed by atoms with Gasteiger partial charge in [0.1, 0.15) is 18.1 Å². The van der Waals surface area contributed by atoms with Crippen molar-refractivity contribution >= 4 is 10.8 Å². The van der Waals surface area contributed by atoms with Gasteiger partial charge in [-0.1, -0.05) is 13.0 Å². The number of hydrogen-bond donors (Lipinski definition) is 2. The monoisotopic (exact) mass is 367 g/mol. The minimum absolute atomic E-state index is 0.0276. The first-order valence-electron chi connectivity index (χ1n) is 9.07. The SMILES string of the molecule is CCc1cc(OC)c2c(=O)[nH]c(-c3cc(C)c(OCCO)c(C)c3)cc2c1. The molecule has 1 heterocycles. The van der Waals surface area contributed by atoms with Crippen LogP contribution in [0.25, 0.3) is 22.0 Å². The normalized spacial score (nSPS) is 11.0. The van der Waals surface area contributed by atoms with E-state index in [2.05, 4.69) is 11.9 Å². The van der Waals surface area contributed by atoms with E-state index in [4.69, 9.17) is 14.6 Å². The highest BCUT2D eigenvalue weighted by molar-refractivity contribution is 5.91. The lowest BCUT2D eigenvalue weighted by atomic mass is 10.00. The predicted octanol–water partition coefficient (Wildman–Crippen LogP) is 3.75.